The molecule has 40 heavy (non-hydrogen) atoms. The second kappa shape index (κ2) is 16.4. The molecule has 5 heteroatoms. The van der Waals surface area contributed by atoms with Gasteiger partial charge < -0.3 is 9.80 Å². The summed E-state index contributed by atoms with van der Waals surface area (Å²) in [6, 6.07) is 36.6. The predicted octanol–water partition coefficient (Wildman–Crippen LogP) is 8.80. The van der Waals surface area contributed by atoms with Crippen LogP contribution in [0, 0.1) is 6.08 Å². The molecule has 0 radical (unpaired) electrons. The monoisotopic (exact) mass is 644 g/mol. The Labute approximate surface area is 266 Å². The Balaban J connectivity index is 0.000000235. The van der Waals surface area contributed by atoms with Crippen molar-refractivity contribution in [3.8, 4) is 0 Å². The Hall–Kier alpha value is -2.84. The molecule has 0 amide bonds. The molecule has 0 spiro atoms. The summed E-state index contributed by atoms with van der Waals surface area (Å²) in [4.78, 5) is 4.32. The number of halogens is 2. The van der Waals surface area contributed by atoms with Crippen molar-refractivity contribution >= 4 is 60.9 Å². The first-order chi connectivity index (χ1) is 18.5. The predicted molar refractivity (Wildman–Crippen MR) is 178 cm³/mol. The molecule has 0 aromatic heterocycles. The fourth-order valence-corrected chi connectivity index (χ4v) is 5.22. The summed E-state index contributed by atoms with van der Waals surface area (Å²) < 4.78 is 1.42. The first-order valence-electron chi connectivity index (χ1n) is 12.8. The summed E-state index contributed by atoms with van der Waals surface area (Å²) in [5.74, 6) is 0. The molecule has 0 saturated carbocycles. The molecule has 1 aliphatic rings. The van der Waals surface area contributed by atoms with Crippen LogP contribution >= 0.6 is 24.8 Å². The van der Waals surface area contributed by atoms with E-state index in [9.17, 15) is 0 Å². The average molecular weight is 647 g/mol. The Kier molecular flexibility index (Phi) is 13.7. The average Bonchev–Trinajstić information content (AvgIpc) is 3.65. The van der Waals surface area contributed by atoms with Gasteiger partial charge in [-0.2, -0.15) is 6.08 Å². The van der Waals surface area contributed by atoms with Crippen LogP contribution in [0.2, 0.25) is 0 Å². The summed E-state index contributed by atoms with van der Waals surface area (Å²) in [6.07, 6.45) is 10.0. The summed E-state index contributed by atoms with van der Waals surface area (Å²) in [5, 5.41) is 5.32. The van der Waals surface area contributed by atoms with Gasteiger partial charge in [0.05, 0.1) is 0 Å². The number of benzene rings is 4. The number of allylic oxidation sites excluding steroid dienone is 4. The third-order valence-corrected chi connectivity index (χ3v) is 7.82. The van der Waals surface area contributed by atoms with E-state index in [0.717, 1.165) is 6.42 Å². The van der Waals surface area contributed by atoms with E-state index in [-0.39, 0.29) is 24.8 Å². The van der Waals surface area contributed by atoms with Gasteiger partial charge >= 0.3 is 99.2 Å². The van der Waals surface area contributed by atoms with Crippen LogP contribution < -0.4 is 9.80 Å². The Morgan fingerprint density at radius 1 is 0.725 bits per heavy atom. The molecule has 0 saturated heterocycles. The summed E-state index contributed by atoms with van der Waals surface area (Å²) >= 11 is 1.46. The molecule has 5 aromatic carbocycles. The number of rotatable bonds is 4. The normalized spacial score (nSPS) is 10.9. The van der Waals surface area contributed by atoms with Crippen molar-refractivity contribution in [2.24, 2.45) is 0 Å². The number of anilines is 2. The maximum atomic E-state index is 2.99. The van der Waals surface area contributed by atoms with Gasteiger partial charge in [-0.1, -0.05) is 35.7 Å². The molecule has 0 N–H and O–H groups in total. The van der Waals surface area contributed by atoms with Gasteiger partial charge in [0.1, 0.15) is 0 Å². The Bertz CT molecular complexity index is 1500. The van der Waals surface area contributed by atoms with Crippen LogP contribution in [0.15, 0.2) is 121 Å². The van der Waals surface area contributed by atoms with E-state index in [2.05, 4.69) is 153 Å². The van der Waals surface area contributed by atoms with Crippen LogP contribution in [0.1, 0.15) is 17.5 Å². The molecule has 0 heterocycles. The van der Waals surface area contributed by atoms with Crippen LogP contribution in [0.3, 0.4) is 0 Å². The van der Waals surface area contributed by atoms with Crippen LogP contribution in [-0.2, 0) is 24.2 Å². The molecule has 0 unspecified atom stereocenters. The van der Waals surface area contributed by atoms with E-state index in [4.69, 9.17) is 0 Å². The standard InChI is InChI=1S/C17H19N2.C13H10.C5H5.2ClH.Zr/c1-18(2)14-8-9-15-13(11-14)10-12-6-5-7-16(17(12)15)19(3)4;1-3-7-12(8-4-1)11-13-9-5-2-6-10-13;1-2-4-5-3-1;;;/h5-11H,1-4H3;1-10H;1-3H,4H2;2*1H;/q-1;;-1;;;+2. The Morgan fingerprint density at radius 2 is 1.35 bits per heavy atom. The van der Waals surface area contributed by atoms with E-state index in [1.807, 2.05) is 12.2 Å². The van der Waals surface area contributed by atoms with Gasteiger partial charge in [-0.05, 0) is 0 Å². The first kappa shape index (κ1) is 33.4. The topological polar surface area (TPSA) is 6.48 Å². The fraction of sp³-hybridized carbons (Fsp3) is 0.143. The van der Waals surface area contributed by atoms with Crippen LogP contribution in [0.25, 0.3) is 21.5 Å². The fourth-order valence-electron chi connectivity index (χ4n) is 4.40. The van der Waals surface area contributed by atoms with Crippen molar-refractivity contribution in [3.63, 3.8) is 0 Å². The van der Waals surface area contributed by atoms with Gasteiger partial charge in [-0.3, -0.25) is 6.08 Å². The van der Waals surface area contributed by atoms with Crippen LogP contribution in [0.4, 0.5) is 11.4 Å². The first-order valence-corrected chi connectivity index (χ1v) is 14.1. The molecule has 0 atom stereocenters. The van der Waals surface area contributed by atoms with Crippen LogP contribution in [0.5, 0.6) is 0 Å². The van der Waals surface area contributed by atoms with Gasteiger partial charge in [0.15, 0.2) is 0 Å². The molecular weight excluding hydrogens is 611 g/mol. The third-order valence-electron chi connectivity index (χ3n) is 6.40. The van der Waals surface area contributed by atoms with E-state index in [1.165, 1.54) is 71.5 Å². The molecule has 204 valence electrons. The number of fused-ring (bicyclic) bond motifs is 3. The van der Waals surface area contributed by atoms with Crippen molar-refractivity contribution < 1.29 is 24.2 Å². The van der Waals surface area contributed by atoms with Gasteiger partial charge in [-0.15, -0.1) is 59.5 Å². The molecule has 1 aliphatic carbocycles. The van der Waals surface area contributed by atoms with Gasteiger partial charge in [0, 0.05) is 39.6 Å². The Morgan fingerprint density at radius 3 is 1.82 bits per heavy atom. The zero-order valence-corrected chi connectivity index (χ0v) is 27.6. The molecule has 0 fully saturated rings. The number of hydrogen-bond acceptors (Lipinski definition) is 2. The molecule has 0 aliphatic heterocycles. The van der Waals surface area contributed by atoms with Crippen molar-refractivity contribution in [2.45, 2.75) is 6.42 Å². The second-order valence-electron chi connectivity index (χ2n) is 9.56. The number of nitrogens with zero attached hydrogens (tertiary/aromatic N) is 2. The van der Waals surface area contributed by atoms with E-state index in [1.54, 1.807) is 0 Å². The summed E-state index contributed by atoms with van der Waals surface area (Å²) in [5.41, 5.74) is 5.19. The van der Waals surface area contributed by atoms with Crippen molar-refractivity contribution in [1.82, 2.24) is 0 Å². The minimum atomic E-state index is 0. The van der Waals surface area contributed by atoms with Crippen molar-refractivity contribution in [2.75, 3.05) is 38.0 Å². The zero-order valence-electron chi connectivity index (χ0n) is 23.5. The van der Waals surface area contributed by atoms with Crippen molar-refractivity contribution in [1.29, 1.82) is 0 Å². The number of hydrogen-bond donors (Lipinski definition) is 0. The molecule has 2 nitrogen and oxygen atoms in total. The molecule has 5 aromatic rings. The van der Waals surface area contributed by atoms with Gasteiger partial charge in [0.2, 0.25) is 0 Å². The molecule has 0 bridgehead atoms. The second-order valence-corrected chi connectivity index (χ2v) is 10.8. The van der Waals surface area contributed by atoms with Crippen LogP contribution in [-0.4, -0.2) is 31.4 Å². The van der Waals surface area contributed by atoms with Gasteiger partial charge in [-0.25, -0.2) is 12.2 Å². The zero-order chi connectivity index (χ0) is 26.9. The van der Waals surface area contributed by atoms with E-state index < -0.39 is 0 Å². The quantitative estimate of drug-likeness (QED) is 0.180. The maximum absolute atomic E-state index is 2.99. The summed E-state index contributed by atoms with van der Waals surface area (Å²) in [6.45, 7) is 0. The van der Waals surface area contributed by atoms with Gasteiger partial charge in [0.25, 0.3) is 0 Å². The molecular formula is C35H36Cl2N2Zr. The molecule has 6 rings (SSSR count). The SMILES string of the molecule is CN(C)c1ccc2c(c1)[cH-]c1cccc(N(C)C)c12.Cl.Cl.[C-]1=CC=CC1.[Zr+2]=[C](c1ccccc1)c1ccccc1. The third kappa shape index (κ3) is 8.58. The minimum absolute atomic E-state index is 0. The van der Waals surface area contributed by atoms with E-state index in [0.29, 0.717) is 0 Å². The summed E-state index contributed by atoms with van der Waals surface area (Å²) in [7, 11) is 8.35. The van der Waals surface area contributed by atoms with E-state index >= 15 is 0 Å². The van der Waals surface area contributed by atoms with Crippen molar-refractivity contribution in [3.05, 3.63) is 139 Å².